The van der Waals surface area contributed by atoms with E-state index in [1.165, 1.54) is 5.56 Å². The minimum absolute atomic E-state index is 0.00455. The van der Waals surface area contributed by atoms with Crippen LogP contribution in [0.15, 0.2) is 30.3 Å². The summed E-state index contributed by atoms with van der Waals surface area (Å²) >= 11 is 0. The highest BCUT2D eigenvalue weighted by Gasteiger charge is 2.34. The molecular formula is C15H23NO. The monoisotopic (exact) mass is 233 g/mol. The van der Waals surface area contributed by atoms with Crippen molar-refractivity contribution in [3.8, 4) is 0 Å². The van der Waals surface area contributed by atoms with Gasteiger partial charge in [0, 0.05) is 0 Å². The third-order valence-corrected chi connectivity index (χ3v) is 3.63. The van der Waals surface area contributed by atoms with Crippen LogP contribution >= 0.6 is 0 Å². The number of ether oxygens (including phenoxy) is 1. The molecule has 0 aromatic heterocycles. The van der Waals surface area contributed by atoms with Crippen LogP contribution in [0.5, 0.6) is 0 Å². The second-order valence-electron chi connectivity index (χ2n) is 5.68. The van der Waals surface area contributed by atoms with E-state index < -0.39 is 0 Å². The maximum Gasteiger partial charge on any atom is 0.0882 e. The van der Waals surface area contributed by atoms with Crippen LogP contribution in [0.3, 0.4) is 0 Å². The molecule has 1 aliphatic heterocycles. The molecule has 94 valence electrons. The maximum absolute atomic E-state index is 6.41. The van der Waals surface area contributed by atoms with Gasteiger partial charge in [-0.25, -0.2) is 0 Å². The Labute approximate surface area is 104 Å². The van der Waals surface area contributed by atoms with Gasteiger partial charge < -0.3 is 10.1 Å². The predicted octanol–water partition coefficient (Wildman–Crippen LogP) is 3.08. The van der Waals surface area contributed by atoms with Gasteiger partial charge in [0.05, 0.1) is 11.2 Å². The molecule has 1 aliphatic rings. The Morgan fingerprint density at radius 2 is 1.71 bits per heavy atom. The van der Waals surface area contributed by atoms with Crippen LogP contribution < -0.4 is 5.32 Å². The molecule has 1 fully saturated rings. The lowest BCUT2D eigenvalue weighted by atomic mass is 9.91. The fraction of sp³-hybridized carbons (Fsp3) is 0.600. The van der Waals surface area contributed by atoms with E-state index in [1.807, 2.05) is 6.07 Å². The van der Waals surface area contributed by atoms with Gasteiger partial charge in [0.1, 0.15) is 0 Å². The standard InChI is InChI=1S/C15H23NO/c1-14(2,13-7-5-4-6-8-13)17-15(3)9-11-16-12-10-15/h4-8,16H,9-12H2,1-3H3. The lowest BCUT2D eigenvalue weighted by molar-refractivity contribution is -0.148. The lowest BCUT2D eigenvalue weighted by Gasteiger charge is -2.41. The summed E-state index contributed by atoms with van der Waals surface area (Å²) in [6.45, 7) is 8.67. The average molecular weight is 233 g/mol. The van der Waals surface area contributed by atoms with Crippen LogP contribution in [0.2, 0.25) is 0 Å². The number of piperidine rings is 1. The van der Waals surface area contributed by atoms with E-state index in [-0.39, 0.29) is 11.2 Å². The number of hydrogen-bond acceptors (Lipinski definition) is 2. The maximum atomic E-state index is 6.41. The van der Waals surface area contributed by atoms with Crippen molar-refractivity contribution in [1.82, 2.24) is 5.32 Å². The highest BCUT2D eigenvalue weighted by atomic mass is 16.5. The topological polar surface area (TPSA) is 21.3 Å². The highest BCUT2D eigenvalue weighted by molar-refractivity contribution is 5.21. The second kappa shape index (κ2) is 4.79. The largest absolute Gasteiger partial charge is 0.365 e. The van der Waals surface area contributed by atoms with Gasteiger partial charge in [0.15, 0.2) is 0 Å². The van der Waals surface area contributed by atoms with Crippen molar-refractivity contribution in [1.29, 1.82) is 0 Å². The summed E-state index contributed by atoms with van der Waals surface area (Å²) in [7, 11) is 0. The van der Waals surface area contributed by atoms with Gasteiger partial charge in [-0.3, -0.25) is 0 Å². The van der Waals surface area contributed by atoms with Crippen LogP contribution in [0.25, 0.3) is 0 Å². The van der Waals surface area contributed by atoms with Crippen molar-refractivity contribution >= 4 is 0 Å². The van der Waals surface area contributed by atoms with Gasteiger partial charge in [-0.15, -0.1) is 0 Å². The highest BCUT2D eigenvalue weighted by Crippen LogP contribution is 2.34. The van der Waals surface area contributed by atoms with Crippen molar-refractivity contribution in [2.24, 2.45) is 0 Å². The normalized spacial score (nSPS) is 20.2. The van der Waals surface area contributed by atoms with Crippen LogP contribution in [-0.4, -0.2) is 18.7 Å². The summed E-state index contributed by atoms with van der Waals surface area (Å²) in [5.41, 5.74) is 1.04. The molecule has 0 atom stereocenters. The SMILES string of the molecule is CC1(OC(C)(C)c2ccccc2)CCNCC1. The summed E-state index contributed by atoms with van der Waals surface area (Å²) in [6.07, 6.45) is 2.17. The molecule has 1 N–H and O–H groups in total. The first-order chi connectivity index (χ1) is 8.02. The second-order valence-corrected chi connectivity index (χ2v) is 5.68. The molecule has 0 amide bonds. The van der Waals surface area contributed by atoms with Gasteiger partial charge in [0.25, 0.3) is 0 Å². The minimum atomic E-state index is -0.215. The molecule has 0 radical (unpaired) electrons. The van der Waals surface area contributed by atoms with Crippen molar-refractivity contribution in [2.45, 2.75) is 44.8 Å². The molecule has 1 heterocycles. The van der Waals surface area contributed by atoms with Crippen LogP contribution in [-0.2, 0) is 10.3 Å². The number of rotatable bonds is 3. The van der Waals surface area contributed by atoms with E-state index in [0.29, 0.717) is 0 Å². The first kappa shape index (κ1) is 12.6. The number of nitrogens with one attached hydrogen (secondary N) is 1. The van der Waals surface area contributed by atoms with Gasteiger partial charge in [-0.1, -0.05) is 30.3 Å². The summed E-state index contributed by atoms with van der Waals surface area (Å²) in [5.74, 6) is 0. The van der Waals surface area contributed by atoms with Gasteiger partial charge in [-0.2, -0.15) is 0 Å². The molecule has 2 rings (SSSR count). The quantitative estimate of drug-likeness (QED) is 0.866. The zero-order valence-corrected chi connectivity index (χ0v) is 11.1. The molecular weight excluding hydrogens is 210 g/mol. The fourth-order valence-electron chi connectivity index (χ4n) is 2.57. The Hall–Kier alpha value is -0.860. The third kappa shape index (κ3) is 3.08. The van der Waals surface area contributed by atoms with Crippen LogP contribution in [0.1, 0.15) is 39.2 Å². The van der Waals surface area contributed by atoms with E-state index in [9.17, 15) is 0 Å². The van der Waals surface area contributed by atoms with Gasteiger partial charge in [0.2, 0.25) is 0 Å². The summed E-state index contributed by atoms with van der Waals surface area (Å²) in [4.78, 5) is 0. The number of hydrogen-bond donors (Lipinski definition) is 1. The Bertz CT molecular complexity index is 352. The smallest absolute Gasteiger partial charge is 0.0882 e. The van der Waals surface area contributed by atoms with Gasteiger partial charge in [-0.05, 0) is 52.3 Å². The average Bonchev–Trinajstić information content (AvgIpc) is 2.30. The van der Waals surface area contributed by atoms with E-state index in [0.717, 1.165) is 25.9 Å². The molecule has 0 saturated carbocycles. The molecule has 0 spiro atoms. The summed E-state index contributed by atoms with van der Waals surface area (Å²) < 4.78 is 6.41. The molecule has 17 heavy (non-hydrogen) atoms. The Kier molecular flexibility index (Phi) is 3.55. The molecule has 1 aromatic rings. The van der Waals surface area contributed by atoms with Crippen molar-refractivity contribution in [3.63, 3.8) is 0 Å². The van der Waals surface area contributed by atoms with Gasteiger partial charge >= 0.3 is 0 Å². The summed E-state index contributed by atoms with van der Waals surface area (Å²) in [5, 5.41) is 3.39. The zero-order chi connectivity index (χ0) is 12.4. The van der Waals surface area contributed by atoms with Crippen molar-refractivity contribution < 1.29 is 4.74 Å². The zero-order valence-electron chi connectivity index (χ0n) is 11.1. The Balaban J connectivity index is 2.11. The molecule has 0 bridgehead atoms. The van der Waals surface area contributed by atoms with Crippen molar-refractivity contribution in [2.75, 3.05) is 13.1 Å². The van der Waals surface area contributed by atoms with Crippen LogP contribution in [0, 0.1) is 0 Å². The summed E-state index contributed by atoms with van der Waals surface area (Å²) in [6, 6.07) is 10.5. The van der Waals surface area contributed by atoms with E-state index in [4.69, 9.17) is 4.74 Å². The molecule has 0 aliphatic carbocycles. The minimum Gasteiger partial charge on any atom is -0.365 e. The predicted molar refractivity (Wildman–Crippen MR) is 71.1 cm³/mol. The van der Waals surface area contributed by atoms with Crippen LogP contribution in [0.4, 0.5) is 0 Å². The van der Waals surface area contributed by atoms with E-state index in [2.05, 4.69) is 50.4 Å². The Morgan fingerprint density at radius 1 is 1.12 bits per heavy atom. The first-order valence-electron chi connectivity index (χ1n) is 6.48. The molecule has 0 unspecified atom stereocenters. The lowest BCUT2D eigenvalue weighted by Crippen LogP contribution is -2.45. The fourth-order valence-corrected chi connectivity index (χ4v) is 2.57. The van der Waals surface area contributed by atoms with E-state index >= 15 is 0 Å². The molecule has 1 saturated heterocycles. The third-order valence-electron chi connectivity index (χ3n) is 3.63. The van der Waals surface area contributed by atoms with E-state index in [1.54, 1.807) is 0 Å². The first-order valence-corrected chi connectivity index (χ1v) is 6.48. The molecule has 1 aromatic carbocycles. The molecule has 2 nitrogen and oxygen atoms in total. The van der Waals surface area contributed by atoms with Crippen molar-refractivity contribution in [3.05, 3.63) is 35.9 Å². The molecule has 2 heteroatoms. The number of benzene rings is 1. The Morgan fingerprint density at radius 3 is 2.29 bits per heavy atom.